The molecule has 0 aliphatic carbocycles. The summed E-state index contributed by atoms with van der Waals surface area (Å²) in [6.45, 7) is 1.67. The second kappa shape index (κ2) is 12.6. The van der Waals surface area contributed by atoms with Gasteiger partial charge in [-0.15, -0.1) is 0 Å². The first-order chi connectivity index (χ1) is 16.5. The van der Waals surface area contributed by atoms with E-state index in [1.165, 1.54) is 6.21 Å². The van der Waals surface area contributed by atoms with Crippen molar-refractivity contribution in [2.45, 2.75) is 13.0 Å². The van der Waals surface area contributed by atoms with Crippen LogP contribution >= 0.6 is 0 Å². The van der Waals surface area contributed by atoms with Gasteiger partial charge < -0.3 is 19.5 Å². The van der Waals surface area contributed by atoms with Crippen LogP contribution in [0.4, 0.5) is 0 Å². The molecular weight excluding hydrogens is 434 g/mol. The van der Waals surface area contributed by atoms with Crippen LogP contribution in [-0.2, 0) is 9.59 Å². The molecule has 0 aliphatic heterocycles. The average Bonchev–Trinajstić information content (AvgIpc) is 2.88. The summed E-state index contributed by atoms with van der Waals surface area (Å²) in [4.78, 5) is 24.0. The topological polar surface area (TPSA) is 98.2 Å². The summed E-state index contributed by atoms with van der Waals surface area (Å²) in [6, 6.07) is 23.5. The van der Waals surface area contributed by atoms with E-state index in [9.17, 15) is 9.59 Å². The van der Waals surface area contributed by atoms with Gasteiger partial charge in [0.05, 0.1) is 19.4 Å². The Hall–Kier alpha value is -4.33. The molecule has 0 fully saturated rings. The number of hydrogen-bond acceptors (Lipinski definition) is 6. The standard InChI is InChI=1S/C26H27N3O5/c1-19(21-6-4-3-5-7-21)28-25(30)17-33-23-10-8-20(9-11-23)16-27-29-26(31)18-34-24-14-12-22(32-2)13-15-24/h3-16,19H,17-18H2,1-2H3,(H,28,30)(H,29,31)/b27-16-/t19-/m0/s1. The van der Waals surface area contributed by atoms with Gasteiger partial charge in [-0.1, -0.05) is 30.3 Å². The van der Waals surface area contributed by atoms with E-state index in [2.05, 4.69) is 15.8 Å². The molecule has 0 radical (unpaired) electrons. The molecule has 0 heterocycles. The van der Waals surface area contributed by atoms with E-state index in [-0.39, 0.29) is 31.1 Å². The molecule has 3 aromatic rings. The van der Waals surface area contributed by atoms with Gasteiger partial charge in [0.25, 0.3) is 11.8 Å². The Bertz CT molecular complexity index is 1080. The summed E-state index contributed by atoms with van der Waals surface area (Å²) in [6.07, 6.45) is 1.50. The number of carbonyl (C=O) groups excluding carboxylic acids is 2. The fraction of sp³-hybridized carbons (Fsp3) is 0.192. The van der Waals surface area contributed by atoms with Gasteiger partial charge in [0.15, 0.2) is 13.2 Å². The zero-order valence-corrected chi connectivity index (χ0v) is 19.1. The average molecular weight is 462 g/mol. The molecule has 0 spiro atoms. The van der Waals surface area contributed by atoms with Crippen molar-refractivity contribution >= 4 is 18.0 Å². The number of nitrogens with one attached hydrogen (secondary N) is 2. The van der Waals surface area contributed by atoms with E-state index >= 15 is 0 Å². The molecule has 0 aromatic heterocycles. The highest BCUT2D eigenvalue weighted by molar-refractivity contribution is 5.83. The maximum absolute atomic E-state index is 12.1. The lowest BCUT2D eigenvalue weighted by molar-refractivity contribution is -0.124. The van der Waals surface area contributed by atoms with Crippen molar-refractivity contribution in [3.05, 3.63) is 90.0 Å². The fourth-order valence-corrected chi connectivity index (χ4v) is 2.94. The van der Waals surface area contributed by atoms with Crippen LogP contribution < -0.4 is 25.0 Å². The van der Waals surface area contributed by atoms with Gasteiger partial charge in [-0.25, -0.2) is 5.43 Å². The minimum absolute atomic E-state index is 0.0884. The van der Waals surface area contributed by atoms with E-state index in [0.29, 0.717) is 17.2 Å². The van der Waals surface area contributed by atoms with Crippen molar-refractivity contribution in [1.82, 2.24) is 10.7 Å². The van der Waals surface area contributed by atoms with Crippen molar-refractivity contribution in [3.63, 3.8) is 0 Å². The number of carbonyl (C=O) groups is 2. The number of amides is 2. The van der Waals surface area contributed by atoms with Crippen molar-refractivity contribution in [3.8, 4) is 17.2 Å². The Morgan fingerprint density at radius 1 is 0.824 bits per heavy atom. The number of methoxy groups -OCH3 is 1. The second-order valence-electron chi connectivity index (χ2n) is 7.31. The number of ether oxygens (including phenoxy) is 3. The zero-order chi connectivity index (χ0) is 24.2. The molecule has 3 rings (SSSR count). The van der Waals surface area contributed by atoms with Crippen LogP contribution in [0.15, 0.2) is 84.0 Å². The molecule has 8 heteroatoms. The summed E-state index contributed by atoms with van der Waals surface area (Å²) in [7, 11) is 1.58. The first-order valence-corrected chi connectivity index (χ1v) is 10.7. The van der Waals surface area contributed by atoms with Crippen LogP contribution in [0.5, 0.6) is 17.2 Å². The summed E-state index contributed by atoms with van der Waals surface area (Å²) >= 11 is 0. The molecule has 0 saturated heterocycles. The number of nitrogens with zero attached hydrogens (tertiary/aromatic N) is 1. The third-order valence-electron chi connectivity index (χ3n) is 4.76. The summed E-state index contributed by atoms with van der Waals surface area (Å²) in [5, 5.41) is 6.82. The maximum Gasteiger partial charge on any atom is 0.277 e. The van der Waals surface area contributed by atoms with Gasteiger partial charge in [0.2, 0.25) is 0 Å². The number of rotatable bonds is 11. The molecule has 0 aliphatic rings. The molecule has 8 nitrogen and oxygen atoms in total. The van der Waals surface area contributed by atoms with Gasteiger partial charge in [0.1, 0.15) is 17.2 Å². The first kappa shape index (κ1) is 24.3. The Kier molecular flexibility index (Phi) is 9.04. The van der Waals surface area contributed by atoms with Gasteiger partial charge >= 0.3 is 0 Å². The van der Waals surface area contributed by atoms with E-state index in [1.807, 2.05) is 37.3 Å². The predicted octanol–water partition coefficient (Wildman–Crippen LogP) is 3.48. The molecule has 2 N–H and O–H groups in total. The van der Waals surface area contributed by atoms with E-state index in [0.717, 1.165) is 11.1 Å². The smallest absolute Gasteiger partial charge is 0.277 e. The van der Waals surface area contributed by atoms with E-state index < -0.39 is 0 Å². The third kappa shape index (κ3) is 7.98. The minimum Gasteiger partial charge on any atom is -0.497 e. The van der Waals surface area contributed by atoms with Gasteiger partial charge in [0, 0.05) is 0 Å². The zero-order valence-electron chi connectivity index (χ0n) is 19.1. The Morgan fingerprint density at radius 3 is 2.00 bits per heavy atom. The van der Waals surface area contributed by atoms with Gasteiger partial charge in [-0.2, -0.15) is 5.10 Å². The Balaban J connectivity index is 1.37. The SMILES string of the molecule is COc1ccc(OCC(=O)N/N=C\c2ccc(OCC(=O)N[C@@H](C)c3ccccc3)cc2)cc1. The minimum atomic E-state index is -0.386. The highest BCUT2D eigenvalue weighted by atomic mass is 16.5. The van der Waals surface area contributed by atoms with E-state index in [4.69, 9.17) is 14.2 Å². The maximum atomic E-state index is 12.1. The lowest BCUT2D eigenvalue weighted by atomic mass is 10.1. The summed E-state index contributed by atoms with van der Waals surface area (Å²) < 4.78 is 16.0. The number of benzene rings is 3. The molecule has 176 valence electrons. The summed E-state index contributed by atoms with van der Waals surface area (Å²) in [5.74, 6) is 1.22. The largest absolute Gasteiger partial charge is 0.497 e. The molecule has 0 bridgehead atoms. The van der Waals surface area contributed by atoms with Crippen LogP contribution in [0, 0.1) is 0 Å². The quantitative estimate of drug-likeness (QED) is 0.337. The van der Waals surface area contributed by atoms with E-state index in [1.54, 1.807) is 55.6 Å². The normalized spacial score (nSPS) is 11.5. The lowest BCUT2D eigenvalue weighted by Gasteiger charge is -2.14. The molecule has 1 atom stereocenters. The second-order valence-corrected chi connectivity index (χ2v) is 7.31. The highest BCUT2D eigenvalue weighted by Gasteiger charge is 2.09. The highest BCUT2D eigenvalue weighted by Crippen LogP contribution is 2.17. The van der Waals surface area contributed by atoms with Crippen molar-refractivity contribution in [2.75, 3.05) is 20.3 Å². The van der Waals surface area contributed by atoms with Crippen molar-refractivity contribution in [1.29, 1.82) is 0 Å². The Labute approximate surface area is 198 Å². The van der Waals surface area contributed by atoms with Crippen LogP contribution in [-0.4, -0.2) is 38.4 Å². The van der Waals surface area contributed by atoms with Crippen LogP contribution in [0.1, 0.15) is 24.1 Å². The third-order valence-corrected chi connectivity index (χ3v) is 4.76. The van der Waals surface area contributed by atoms with Crippen LogP contribution in [0.25, 0.3) is 0 Å². The fourth-order valence-electron chi connectivity index (χ4n) is 2.94. The Morgan fingerprint density at radius 2 is 1.38 bits per heavy atom. The molecule has 34 heavy (non-hydrogen) atoms. The van der Waals surface area contributed by atoms with Crippen LogP contribution in [0.3, 0.4) is 0 Å². The molecule has 3 aromatic carbocycles. The van der Waals surface area contributed by atoms with Gasteiger partial charge in [-0.3, -0.25) is 9.59 Å². The molecule has 0 saturated carbocycles. The monoisotopic (exact) mass is 461 g/mol. The lowest BCUT2D eigenvalue weighted by Crippen LogP contribution is -2.31. The molecule has 0 unspecified atom stereocenters. The number of hydrogen-bond donors (Lipinski definition) is 2. The predicted molar refractivity (Wildman–Crippen MR) is 129 cm³/mol. The van der Waals surface area contributed by atoms with Gasteiger partial charge in [-0.05, 0) is 66.6 Å². The summed E-state index contributed by atoms with van der Waals surface area (Å²) in [5.41, 5.74) is 4.19. The molecule has 2 amide bonds. The van der Waals surface area contributed by atoms with Crippen molar-refractivity contribution < 1.29 is 23.8 Å². The number of hydrazone groups is 1. The van der Waals surface area contributed by atoms with Crippen LogP contribution in [0.2, 0.25) is 0 Å². The molecular formula is C26H27N3O5. The first-order valence-electron chi connectivity index (χ1n) is 10.7. The van der Waals surface area contributed by atoms with Crippen molar-refractivity contribution in [2.24, 2.45) is 5.10 Å².